The lowest BCUT2D eigenvalue weighted by Gasteiger charge is -2.33. The van der Waals surface area contributed by atoms with Gasteiger partial charge in [-0.25, -0.2) is 9.97 Å². The minimum Gasteiger partial charge on any atom is -0.314 e. The Kier molecular flexibility index (Phi) is 5.04. The summed E-state index contributed by atoms with van der Waals surface area (Å²) >= 11 is 0. The SMILES string of the molecule is c1ccc(-c2ncc(-n3ccc4c5c(ccc43)C(c3ccccc3)(c3ccccc3)c3ccccc3-5)cn2)cc1. The lowest BCUT2D eigenvalue weighted by Crippen LogP contribution is -2.28. The van der Waals surface area contributed by atoms with Gasteiger partial charge in [-0.3, -0.25) is 0 Å². The van der Waals surface area contributed by atoms with Gasteiger partial charge in [0.25, 0.3) is 0 Å². The summed E-state index contributed by atoms with van der Waals surface area (Å²) in [5.74, 6) is 0.728. The molecule has 1 aliphatic carbocycles. The van der Waals surface area contributed by atoms with E-state index in [0.717, 1.165) is 22.6 Å². The van der Waals surface area contributed by atoms with Crippen LogP contribution in [0.4, 0.5) is 0 Å². The molecule has 0 bridgehead atoms. The first-order valence-electron chi connectivity index (χ1n) is 13.6. The highest BCUT2D eigenvalue weighted by Gasteiger charge is 2.46. The third-order valence-electron chi connectivity index (χ3n) is 8.24. The Morgan fingerprint density at radius 3 is 1.80 bits per heavy atom. The molecule has 0 saturated heterocycles. The minimum atomic E-state index is -0.398. The first-order valence-corrected chi connectivity index (χ1v) is 13.6. The molecule has 188 valence electrons. The minimum absolute atomic E-state index is 0.398. The Labute approximate surface area is 233 Å². The highest BCUT2D eigenvalue weighted by atomic mass is 15.0. The molecule has 40 heavy (non-hydrogen) atoms. The molecule has 2 heterocycles. The van der Waals surface area contributed by atoms with Crippen molar-refractivity contribution in [1.29, 1.82) is 0 Å². The Bertz CT molecular complexity index is 1930. The Morgan fingerprint density at radius 1 is 0.525 bits per heavy atom. The summed E-state index contributed by atoms with van der Waals surface area (Å²) in [5.41, 5.74) is 10.5. The summed E-state index contributed by atoms with van der Waals surface area (Å²) in [7, 11) is 0. The van der Waals surface area contributed by atoms with Crippen LogP contribution in [0.25, 0.3) is 39.1 Å². The zero-order valence-electron chi connectivity index (χ0n) is 21.8. The Morgan fingerprint density at radius 2 is 1.12 bits per heavy atom. The molecule has 5 aromatic carbocycles. The van der Waals surface area contributed by atoms with E-state index in [0.29, 0.717) is 0 Å². The van der Waals surface area contributed by atoms with E-state index in [1.54, 1.807) is 0 Å². The molecule has 3 nitrogen and oxygen atoms in total. The average Bonchev–Trinajstić information content (AvgIpc) is 3.60. The number of hydrogen-bond acceptors (Lipinski definition) is 2. The van der Waals surface area contributed by atoms with Crippen LogP contribution in [-0.4, -0.2) is 14.5 Å². The molecule has 0 N–H and O–H groups in total. The van der Waals surface area contributed by atoms with Crippen molar-refractivity contribution in [3.05, 3.63) is 174 Å². The maximum absolute atomic E-state index is 4.69. The van der Waals surface area contributed by atoms with Crippen LogP contribution >= 0.6 is 0 Å². The van der Waals surface area contributed by atoms with Crippen molar-refractivity contribution >= 4 is 10.9 Å². The molecule has 0 amide bonds. The van der Waals surface area contributed by atoms with Crippen LogP contribution in [0.3, 0.4) is 0 Å². The molecule has 0 unspecified atom stereocenters. The maximum Gasteiger partial charge on any atom is 0.159 e. The molecule has 0 saturated carbocycles. The van der Waals surface area contributed by atoms with Gasteiger partial charge < -0.3 is 4.57 Å². The first-order chi connectivity index (χ1) is 19.9. The van der Waals surface area contributed by atoms with E-state index in [4.69, 9.17) is 9.97 Å². The number of fused-ring (bicyclic) bond motifs is 5. The fraction of sp³-hybridized carbons (Fsp3) is 0.0270. The van der Waals surface area contributed by atoms with Crippen molar-refractivity contribution in [3.8, 4) is 28.2 Å². The third-order valence-corrected chi connectivity index (χ3v) is 8.24. The molecule has 7 aromatic rings. The van der Waals surface area contributed by atoms with Gasteiger partial charge in [-0.05, 0) is 45.5 Å². The van der Waals surface area contributed by atoms with Crippen LogP contribution in [0.5, 0.6) is 0 Å². The molecule has 3 heteroatoms. The van der Waals surface area contributed by atoms with Gasteiger partial charge in [0.1, 0.15) is 0 Å². The van der Waals surface area contributed by atoms with Gasteiger partial charge in [0, 0.05) is 17.1 Å². The molecule has 0 aliphatic heterocycles. The second-order valence-electron chi connectivity index (χ2n) is 10.3. The summed E-state index contributed by atoms with van der Waals surface area (Å²) in [6.45, 7) is 0. The fourth-order valence-electron chi connectivity index (χ4n) is 6.56. The van der Waals surface area contributed by atoms with Crippen molar-refractivity contribution in [2.75, 3.05) is 0 Å². The van der Waals surface area contributed by atoms with Crippen LogP contribution in [0.1, 0.15) is 22.3 Å². The van der Waals surface area contributed by atoms with E-state index < -0.39 is 5.41 Å². The molecule has 0 spiro atoms. The molecule has 1 aliphatic rings. The van der Waals surface area contributed by atoms with Gasteiger partial charge in [-0.2, -0.15) is 0 Å². The van der Waals surface area contributed by atoms with E-state index in [1.165, 1.54) is 38.8 Å². The van der Waals surface area contributed by atoms with Crippen LogP contribution in [0.2, 0.25) is 0 Å². The molecule has 0 radical (unpaired) electrons. The predicted molar refractivity (Wildman–Crippen MR) is 162 cm³/mol. The van der Waals surface area contributed by atoms with Gasteiger partial charge in [0.2, 0.25) is 0 Å². The quantitative estimate of drug-likeness (QED) is 0.237. The van der Waals surface area contributed by atoms with Gasteiger partial charge in [-0.1, -0.05) is 121 Å². The van der Waals surface area contributed by atoms with Crippen molar-refractivity contribution < 1.29 is 0 Å². The van der Waals surface area contributed by atoms with Gasteiger partial charge >= 0.3 is 0 Å². The number of nitrogens with zero attached hydrogens (tertiary/aromatic N) is 3. The molecular formula is C37H25N3. The number of benzene rings is 5. The largest absolute Gasteiger partial charge is 0.314 e. The fourth-order valence-corrected chi connectivity index (χ4v) is 6.56. The summed E-state index contributed by atoms with van der Waals surface area (Å²) in [6.07, 6.45) is 5.96. The van der Waals surface area contributed by atoms with E-state index in [9.17, 15) is 0 Å². The highest BCUT2D eigenvalue weighted by Crippen LogP contribution is 2.57. The number of rotatable bonds is 4. The maximum atomic E-state index is 4.69. The van der Waals surface area contributed by atoms with Crippen molar-refractivity contribution in [2.24, 2.45) is 0 Å². The van der Waals surface area contributed by atoms with Crippen molar-refractivity contribution in [2.45, 2.75) is 5.41 Å². The van der Waals surface area contributed by atoms with Crippen molar-refractivity contribution in [1.82, 2.24) is 14.5 Å². The molecule has 0 fully saturated rings. The Hall–Kier alpha value is -5.28. The molecule has 2 aromatic heterocycles. The lowest BCUT2D eigenvalue weighted by molar-refractivity contribution is 0.769. The summed E-state index contributed by atoms with van der Waals surface area (Å²) in [6, 6.07) is 47.6. The number of aromatic nitrogens is 3. The van der Waals surface area contributed by atoms with Gasteiger partial charge in [-0.15, -0.1) is 0 Å². The second kappa shape index (κ2) is 8.89. The van der Waals surface area contributed by atoms with E-state index >= 15 is 0 Å². The monoisotopic (exact) mass is 511 g/mol. The standard InChI is InChI=1S/C37H25N3/c1-4-12-26(13-5-1)36-38-24-29(25-39-36)40-23-22-31-34(40)21-20-33-35(31)30-18-10-11-19-32(30)37(33,27-14-6-2-7-15-27)28-16-8-3-9-17-28/h1-25H. The zero-order chi connectivity index (χ0) is 26.5. The van der Waals surface area contributed by atoms with Crippen LogP contribution in [0, 0.1) is 0 Å². The molecule has 0 atom stereocenters. The Balaban J connectivity index is 1.36. The third kappa shape index (κ3) is 3.18. The molecular weight excluding hydrogens is 486 g/mol. The number of hydrogen-bond donors (Lipinski definition) is 0. The van der Waals surface area contributed by atoms with Crippen LogP contribution in [-0.2, 0) is 5.41 Å². The van der Waals surface area contributed by atoms with Crippen LogP contribution < -0.4 is 0 Å². The smallest absolute Gasteiger partial charge is 0.159 e. The van der Waals surface area contributed by atoms with E-state index in [-0.39, 0.29) is 0 Å². The topological polar surface area (TPSA) is 30.7 Å². The van der Waals surface area contributed by atoms with Gasteiger partial charge in [0.15, 0.2) is 5.82 Å². The summed E-state index contributed by atoms with van der Waals surface area (Å²) in [4.78, 5) is 9.38. The summed E-state index contributed by atoms with van der Waals surface area (Å²) in [5, 5.41) is 1.23. The second-order valence-corrected chi connectivity index (χ2v) is 10.3. The molecule has 8 rings (SSSR count). The first kappa shape index (κ1) is 22.7. The average molecular weight is 512 g/mol. The lowest BCUT2D eigenvalue weighted by atomic mass is 9.67. The van der Waals surface area contributed by atoms with E-state index in [1.807, 2.05) is 42.7 Å². The zero-order valence-corrected chi connectivity index (χ0v) is 21.8. The van der Waals surface area contributed by atoms with Gasteiger partial charge in [0.05, 0.1) is 29.0 Å². The van der Waals surface area contributed by atoms with Crippen molar-refractivity contribution in [3.63, 3.8) is 0 Å². The normalized spacial score (nSPS) is 13.2. The van der Waals surface area contributed by atoms with E-state index in [2.05, 4.69) is 114 Å². The van der Waals surface area contributed by atoms with Crippen LogP contribution in [0.15, 0.2) is 152 Å². The predicted octanol–water partition coefficient (Wildman–Crippen LogP) is 8.45. The highest BCUT2D eigenvalue weighted by molar-refractivity contribution is 6.03. The summed E-state index contributed by atoms with van der Waals surface area (Å²) < 4.78 is 2.19.